The predicted octanol–water partition coefficient (Wildman–Crippen LogP) is -2.01. The lowest BCUT2D eigenvalue weighted by Crippen LogP contribution is -2.59. The lowest BCUT2D eigenvalue weighted by Gasteiger charge is -2.43. The van der Waals surface area contributed by atoms with Gasteiger partial charge in [0.2, 0.25) is 47.3 Å². The van der Waals surface area contributed by atoms with Crippen molar-refractivity contribution in [2.24, 2.45) is 45.9 Å². The van der Waals surface area contributed by atoms with Crippen molar-refractivity contribution in [2.75, 3.05) is 25.2 Å². The van der Waals surface area contributed by atoms with E-state index < -0.39 is 90.3 Å². The molecule has 0 aromatic carbocycles. The Hall–Kier alpha value is -4.66. The summed E-state index contributed by atoms with van der Waals surface area (Å²) in [5, 5.41) is 27.9. The van der Waals surface area contributed by atoms with Gasteiger partial charge in [-0.05, 0) is 101 Å². The summed E-state index contributed by atoms with van der Waals surface area (Å²) < 4.78 is 0. The topological polar surface area (TPSA) is 331 Å². The average Bonchev–Trinajstić information content (AvgIpc) is 3.18. The van der Waals surface area contributed by atoms with Crippen molar-refractivity contribution in [3.05, 3.63) is 0 Å². The Morgan fingerprint density at radius 3 is 1.63 bits per heavy atom. The summed E-state index contributed by atoms with van der Waals surface area (Å²) in [6.45, 7) is 7.11. The molecule has 0 heterocycles. The molecule has 3 aliphatic carbocycles. The second-order valence-electron chi connectivity index (χ2n) is 16.4. The number of carbonyl (C=O) groups is 8. The van der Waals surface area contributed by atoms with Crippen molar-refractivity contribution in [2.45, 2.75) is 141 Å². The molecule has 0 saturated heterocycles. The van der Waals surface area contributed by atoms with Crippen LogP contribution in [0.25, 0.3) is 0 Å². The van der Waals surface area contributed by atoms with Crippen LogP contribution in [-0.2, 0) is 38.4 Å². The third-order valence-corrected chi connectivity index (χ3v) is 11.6. The largest absolute Gasteiger partial charge is 0.394 e. The molecule has 3 rings (SSSR count). The number of fused-ring (bicyclic) bond motifs is 3. The summed E-state index contributed by atoms with van der Waals surface area (Å²) in [5.41, 5.74) is 16.3. The molecule has 8 amide bonds. The van der Waals surface area contributed by atoms with Gasteiger partial charge in [0, 0.05) is 13.5 Å². The molecule has 21 heteroatoms. The fourth-order valence-corrected chi connectivity index (χ4v) is 8.14. The van der Waals surface area contributed by atoms with E-state index in [9.17, 15) is 43.5 Å². The van der Waals surface area contributed by atoms with Crippen LogP contribution in [0.1, 0.15) is 98.8 Å². The van der Waals surface area contributed by atoms with Crippen molar-refractivity contribution < 1.29 is 43.5 Å². The molecule has 0 spiro atoms. The van der Waals surface area contributed by atoms with Crippen LogP contribution < -0.4 is 54.4 Å². The number of aliphatic imine (C=N–C) groups is 1. The van der Waals surface area contributed by atoms with E-state index in [2.05, 4.69) is 42.2 Å². The first-order valence-corrected chi connectivity index (χ1v) is 22.2. The number of primary amides is 1. The van der Waals surface area contributed by atoms with Crippen molar-refractivity contribution >= 4 is 65.0 Å². The molecule has 0 unspecified atom stereocenters. The van der Waals surface area contributed by atoms with Crippen molar-refractivity contribution in [1.29, 1.82) is 0 Å². The maximum atomic E-state index is 13.7. The van der Waals surface area contributed by atoms with Crippen LogP contribution in [0.5, 0.6) is 0 Å². The lowest BCUT2D eigenvalue weighted by molar-refractivity contribution is -0.135. The van der Waals surface area contributed by atoms with Crippen molar-refractivity contribution in [3.8, 4) is 0 Å². The fraction of sp³-hybridized carbons (Fsp3) is 0.769. The highest BCUT2D eigenvalue weighted by molar-refractivity contribution is 7.98. The van der Waals surface area contributed by atoms with Gasteiger partial charge in [-0.25, -0.2) is 0 Å². The number of rotatable bonds is 26. The lowest BCUT2D eigenvalue weighted by atomic mass is 9.63. The number of guanidine groups is 1. The number of hydrogen-bond donors (Lipinski definition) is 11. The Morgan fingerprint density at radius 1 is 0.667 bits per heavy atom. The minimum Gasteiger partial charge on any atom is -0.394 e. The molecule has 20 nitrogen and oxygen atoms in total. The zero-order valence-corrected chi connectivity index (χ0v) is 36.7. The van der Waals surface area contributed by atoms with Gasteiger partial charge in [-0.2, -0.15) is 11.8 Å². The molecule has 0 aromatic heterocycles. The number of nitrogens with zero attached hydrogens (tertiary/aromatic N) is 1. The third kappa shape index (κ3) is 17.9. The van der Waals surface area contributed by atoms with E-state index in [-0.39, 0.29) is 49.5 Å². The van der Waals surface area contributed by atoms with Gasteiger partial charge in [0.1, 0.15) is 42.3 Å². The Balaban J connectivity index is 2.11. The summed E-state index contributed by atoms with van der Waals surface area (Å²) in [6, 6.07) is -8.03. The van der Waals surface area contributed by atoms with Gasteiger partial charge in [0.25, 0.3) is 0 Å². The summed E-state index contributed by atoms with van der Waals surface area (Å²) in [5.74, 6) is -3.80. The van der Waals surface area contributed by atoms with Crippen molar-refractivity contribution in [1.82, 2.24) is 37.2 Å². The number of nitrogens with two attached hydrogens (primary N) is 3. The number of amides is 8. The van der Waals surface area contributed by atoms with E-state index in [1.807, 2.05) is 13.8 Å². The number of thioether (sulfide) groups is 1. The SMILES string of the molecule is CSCC[C@H](NC(=O)[C@H](C)NC(=O)[C@H](CCCN=C(N)N)NC(=O)[C@H](C[C@@H]1CC2CCC1CC2)NC(C)=O)C(=O)N[C@@H](C)C(=O)N[C@@H](CO)C(=O)N[C@@H](CC(C)C)C(N)=O. The van der Waals surface area contributed by atoms with E-state index in [1.54, 1.807) is 6.26 Å². The van der Waals surface area contributed by atoms with E-state index in [1.165, 1.54) is 45.4 Å². The van der Waals surface area contributed by atoms with Gasteiger partial charge in [-0.15, -0.1) is 0 Å². The van der Waals surface area contributed by atoms with Crippen LogP contribution >= 0.6 is 11.8 Å². The van der Waals surface area contributed by atoms with E-state index in [0.717, 1.165) is 19.3 Å². The molecule has 340 valence electrons. The fourth-order valence-electron chi connectivity index (χ4n) is 7.67. The maximum Gasteiger partial charge on any atom is 0.245 e. The van der Waals surface area contributed by atoms with Gasteiger partial charge in [0.05, 0.1) is 6.61 Å². The summed E-state index contributed by atoms with van der Waals surface area (Å²) in [6.07, 6.45) is 8.57. The van der Waals surface area contributed by atoms with Gasteiger partial charge >= 0.3 is 0 Å². The zero-order valence-electron chi connectivity index (χ0n) is 35.8. The van der Waals surface area contributed by atoms with E-state index in [4.69, 9.17) is 17.2 Å². The predicted molar refractivity (Wildman–Crippen MR) is 227 cm³/mol. The second kappa shape index (κ2) is 25.8. The van der Waals surface area contributed by atoms with Gasteiger partial charge in [0.15, 0.2) is 5.96 Å². The van der Waals surface area contributed by atoms with Crippen LogP contribution in [0.2, 0.25) is 0 Å². The number of hydrogen-bond acceptors (Lipinski definition) is 11. The molecule has 3 aliphatic rings. The molecule has 0 aromatic rings. The Morgan fingerprint density at radius 2 is 1.17 bits per heavy atom. The quantitative estimate of drug-likeness (QED) is 0.0255. The molecule has 3 fully saturated rings. The average molecular weight is 868 g/mol. The maximum absolute atomic E-state index is 13.7. The highest BCUT2D eigenvalue weighted by Gasteiger charge is 2.39. The molecule has 0 aliphatic heterocycles. The van der Waals surface area contributed by atoms with E-state index >= 15 is 0 Å². The van der Waals surface area contributed by atoms with Gasteiger partial charge < -0.3 is 59.5 Å². The molecule has 3 saturated carbocycles. The normalized spacial score (nSPS) is 20.4. The Labute approximate surface area is 357 Å². The van der Waals surface area contributed by atoms with Crippen LogP contribution in [0.3, 0.4) is 0 Å². The van der Waals surface area contributed by atoms with Crippen molar-refractivity contribution in [3.63, 3.8) is 0 Å². The molecule has 14 N–H and O–H groups in total. The first-order valence-electron chi connectivity index (χ1n) is 20.8. The van der Waals surface area contributed by atoms with Crippen LogP contribution in [-0.4, -0.2) is 126 Å². The molecule has 8 atom stereocenters. The Bertz CT molecular complexity index is 1520. The first kappa shape index (κ1) is 51.5. The molecular formula is C39H69N11O9S. The second-order valence-corrected chi connectivity index (χ2v) is 17.4. The smallest absolute Gasteiger partial charge is 0.245 e. The minimum absolute atomic E-state index is 0.0113. The first-order chi connectivity index (χ1) is 28.2. The Kier molecular flexibility index (Phi) is 22.2. The monoisotopic (exact) mass is 868 g/mol. The molecule has 60 heavy (non-hydrogen) atoms. The molecular weight excluding hydrogens is 799 g/mol. The summed E-state index contributed by atoms with van der Waals surface area (Å²) >= 11 is 1.41. The summed E-state index contributed by atoms with van der Waals surface area (Å²) in [7, 11) is 0. The standard InChI is InChI=1S/C39H69N11O9S/c1-20(2)16-29(32(40)53)49-38(59)31(19-51)50-34(55)22(4)45-36(57)28(13-15-60-6)47-33(54)21(3)44-35(56)27(8-7-14-43-39(41)42)48-37(58)30(46-23(5)52)18-26-17-24-9-11-25(26)12-10-24/h20-22,24-31,51H,7-19H2,1-6H3,(H2,40,53)(H,44,56)(H,45,57)(H,46,52)(H,47,54)(H,48,58)(H,49,59)(H,50,55)(H4,41,42,43)/t21-,22-,24?,25?,26-,27-,28-,29-,30-,31-/m0/s1. The number of carbonyl (C=O) groups excluding carboxylic acids is 8. The van der Waals surface area contributed by atoms with E-state index in [0.29, 0.717) is 30.4 Å². The van der Waals surface area contributed by atoms with Crippen LogP contribution in [0, 0.1) is 23.7 Å². The third-order valence-electron chi connectivity index (χ3n) is 10.9. The number of aliphatic hydroxyl groups is 1. The molecule has 2 bridgehead atoms. The van der Waals surface area contributed by atoms with Gasteiger partial charge in [-0.1, -0.05) is 26.7 Å². The molecule has 0 radical (unpaired) electrons. The van der Waals surface area contributed by atoms with Crippen LogP contribution in [0.15, 0.2) is 4.99 Å². The zero-order chi connectivity index (χ0) is 45.1. The highest BCUT2D eigenvalue weighted by atomic mass is 32.2. The number of nitrogens with one attached hydrogen (secondary N) is 7. The van der Waals surface area contributed by atoms with Gasteiger partial charge in [-0.3, -0.25) is 43.3 Å². The number of aliphatic hydroxyl groups excluding tert-OH is 1. The highest BCUT2D eigenvalue weighted by Crippen LogP contribution is 2.46. The summed E-state index contributed by atoms with van der Waals surface area (Å²) in [4.78, 5) is 108. The van der Waals surface area contributed by atoms with Crippen LogP contribution in [0.4, 0.5) is 0 Å². The minimum atomic E-state index is -1.45.